The summed E-state index contributed by atoms with van der Waals surface area (Å²) in [5, 5.41) is 9.43. The summed E-state index contributed by atoms with van der Waals surface area (Å²) in [4.78, 5) is 23.0. The summed E-state index contributed by atoms with van der Waals surface area (Å²) in [6.45, 7) is 3.50. The fraction of sp³-hybridized carbons (Fsp3) is 0.333. The number of carbonyl (C=O) groups is 2. The SMILES string of the molecule is CC(C)[C@H](Sc1nnc(COc2ccccc2F)n1N)C(=O)NC(N)=O. The Hall–Kier alpha value is -2.82. The molecular weight excluding hydrogens is 363 g/mol. The van der Waals surface area contributed by atoms with Crippen molar-refractivity contribution >= 4 is 23.7 Å². The standard InChI is InChI=1S/C15H19FN6O3S/c1-8(2)12(13(23)19-14(17)24)26-15-21-20-11(22(15)18)7-25-10-6-4-3-5-9(10)16/h3-6,8,12H,7,18H2,1-2H3,(H3,17,19,23,24)/t12-/m0/s1. The van der Waals surface area contributed by atoms with Crippen molar-refractivity contribution in [1.82, 2.24) is 20.2 Å². The number of halogens is 1. The Morgan fingerprint density at radius 2 is 2.04 bits per heavy atom. The van der Waals surface area contributed by atoms with Gasteiger partial charge in [0.2, 0.25) is 11.1 Å². The monoisotopic (exact) mass is 382 g/mol. The predicted octanol–water partition coefficient (Wildman–Crippen LogP) is 1.02. The zero-order valence-corrected chi connectivity index (χ0v) is 15.0. The quantitative estimate of drug-likeness (QED) is 0.480. The summed E-state index contributed by atoms with van der Waals surface area (Å²) < 4.78 is 20.1. The lowest BCUT2D eigenvalue weighted by molar-refractivity contribution is -0.120. The summed E-state index contributed by atoms with van der Waals surface area (Å²) in [5.74, 6) is 5.05. The number of nitrogens with one attached hydrogen (secondary N) is 1. The minimum atomic E-state index is -0.936. The second-order valence-corrected chi connectivity index (χ2v) is 6.73. The highest BCUT2D eigenvalue weighted by molar-refractivity contribution is 8.00. The first-order valence-electron chi connectivity index (χ1n) is 7.63. The van der Waals surface area contributed by atoms with Gasteiger partial charge in [-0.15, -0.1) is 10.2 Å². The van der Waals surface area contributed by atoms with E-state index in [0.29, 0.717) is 0 Å². The van der Waals surface area contributed by atoms with Crippen LogP contribution in [-0.4, -0.2) is 32.1 Å². The number of benzene rings is 1. The normalized spacial score (nSPS) is 12.0. The van der Waals surface area contributed by atoms with Crippen LogP contribution in [0.2, 0.25) is 0 Å². The van der Waals surface area contributed by atoms with Crippen molar-refractivity contribution in [3.8, 4) is 5.75 Å². The van der Waals surface area contributed by atoms with Gasteiger partial charge in [0, 0.05) is 0 Å². The molecule has 140 valence electrons. The van der Waals surface area contributed by atoms with E-state index in [1.807, 2.05) is 5.32 Å². The molecule has 5 N–H and O–H groups in total. The number of nitrogen functional groups attached to an aromatic ring is 1. The number of rotatable bonds is 7. The van der Waals surface area contributed by atoms with E-state index in [-0.39, 0.29) is 29.3 Å². The molecule has 0 fully saturated rings. The van der Waals surface area contributed by atoms with E-state index >= 15 is 0 Å². The van der Waals surface area contributed by atoms with Gasteiger partial charge in [0.25, 0.3) is 0 Å². The number of imide groups is 1. The number of para-hydroxylation sites is 1. The van der Waals surface area contributed by atoms with Crippen LogP contribution in [-0.2, 0) is 11.4 Å². The predicted molar refractivity (Wildman–Crippen MR) is 93.1 cm³/mol. The number of urea groups is 1. The Morgan fingerprint density at radius 3 is 2.65 bits per heavy atom. The van der Waals surface area contributed by atoms with Gasteiger partial charge in [-0.3, -0.25) is 10.1 Å². The third kappa shape index (κ3) is 4.85. The Morgan fingerprint density at radius 1 is 1.35 bits per heavy atom. The molecule has 1 aromatic carbocycles. The lowest BCUT2D eigenvalue weighted by atomic mass is 10.1. The molecule has 2 rings (SSSR count). The van der Waals surface area contributed by atoms with Gasteiger partial charge < -0.3 is 16.3 Å². The average molecular weight is 382 g/mol. The van der Waals surface area contributed by atoms with Crippen molar-refractivity contribution in [1.29, 1.82) is 0 Å². The molecule has 1 aromatic heterocycles. The van der Waals surface area contributed by atoms with Crippen LogP contribution in [0.1, 0.15) is 19.7 Å². The lowest BCUT2D eigenvalue weighted by Gasteiger charge is -2.17. The number of amides is 3. The maximum Gasteiger partial charge on any atom is 0.318 e. The van der Waals surface area contributed by atoms with Crippen molar-refractivity contribution in [2.75, 3.05) is 5.84 Å². The number of hydrogen-bond acceptors (Lipinski definition) is 7. The lowest BCUT2D eigenvalue weighted by Crippen LogP contribution is -2.42. The van der Waals surface area contributed by atoms with Crippen LogP contribution in [0.3, 0.4) is 0 Å². The molecule has 11 heteroatoms. The Labute approximate surface area is 153 Å². The highest BCUT2D eigenvalue weighted by Gasteiger charge is 2.27. The fourth-order valence-electron chi connectivity index (χ4n) is 1.99. The molecule has 0 aliphatic heterocycles. The number of aromatic nitrogens is 3. The highest BCUT2D eigenvalue weighted by Crippen LogP contribution is 2.27. The molecule has 0 aliphatic carbocycles. The van der Waals surface area contributed by atoms with E-state index in [2.05, 4.69) is 10.2 Å². The molecule has 1 atom stereocenters. The number of carbonyl (C=O) groups excluding carboxylic acids is 2. The molecule has 0 radical (unpaired) electrons. The Balaban J connectivity index is 2.08. The molecule has 9 nitrogen and oxygen atoms in total. The van der Waals surface area contributed by atoms with E-state index in [9.17, 15) is 14.0 Å². The summed E-state index contributed by atoms with van der Waals surface area (Å²) in [6.07, 6.45) is 0. The van der Waals surface area contributed by atoms with Crippen LogP contribution >= 0.6 is 11.8 Å². The molecule has 26 heavy (non-hydrogen) atoms. The number of thioether (sulfide) groups is 1. The number of hydrogen-bond donors (Lipinski definition) is 3. The zero-order valence-electron chi connectivity index (χ0n) is 14.2. The molecule has 0 aliphatic rings. The van der Waals surface area contributed by atoms with Crippen LogP contribution < -0.4 is 21.6 Å². The largest absolute Gasteiger partial charge is 0.482 e. The van der Waals surface area contributed by atoms with Crippen molar-refractivity contribution in [3.63, 3.8) is 0 Å². The van der Waals surface area contributed by atoms with Gasteiger partial charge in [-0.1, -0.05) is 37.7 Å². The molecule has 3 amide bonds. The summed E-state index contributed by atoms with van der Waals surface area (Å²) in [7, 11) is 0. The minimum absolute atomic E-state index is 0.0607. The van der Waals surface area contributed by atoms with Crippen LogP contribution in [0.25, 0.3) is 0 Å². The van der Waals surface area contributed by atoms with Gasteiger partial charge in [0.1, 0.15) is 6.61 Å². The zero-order chi connectivity index (χ0) is 19.3. The maximum atomic E-state index is 13.6. The molecule has 0 spiro atoms. The summed E-state index contributed by atoms with van der Waals surface area (Å²) >= 11 is 1.03. The minimum Gasteiger partial charge on any atom is -0.482 e. The van der Waals surface area contributed by atoms with Gasteiger partial charge >= 0.3 is 6.03 Å². The summed E-state index contributed by atoms with van der Waals surface area (Å²) in [5.41, 5.74) is 4.98. The molecular formula is C15H19FN6O3S. The molecule has 0 saturated carbocycles. The molecule has 1 heterocycles. The van der Waals surface area contributed by atoms with Crippen molar-refractivity contribution < 1.29 is 18.7 Å². The Bertz CT molecular complexity index is 797. The number of nitrogens with two attached hydrogens (primary N) is 2. The number of primary amides is 1. The Kier molecular flexibility index (Phi) is 6.39. The van der Waals surface area contributed by atoms with Crippen molar-refractivity contribution in [3.05, 3.63) is 35.9 Å². The van der Waals surface area contributed by atoms with E-state index in [1.54, 1.807) is 26.0 Å². The van der Waals surface area contributed by atoms with E-state index < -0.39 is 23.0 Å². The first-order valence-corrected chi connectivity index (χ1v) is 8.51. The molecule has 2 aromatic rings. The maximum absolute atomic E-state index is 13.6. The third-order valence-corrected chi connectivity index (χ3v) is 4.77. The average Bonchev–Trinajstić information content (AvgIpc) is 2.91. The second-order valence-electron chi connectivity index (χ2n) is 5.62. The molecule has 0 saturated heterocycles. The van der Waals surface area contributed by atoms with Gasteiger partial charge in [-0.2, -0.15) is 0 Å². The number of nitrogens with zero attached hydrogens (tertiary/aromatic N) is 3. The second kappa shape index (κ2) is 8.52. The van der Waals surface area contributed by atoms with Crippen molar-refractivity contribution in [2.45, 2.75) is 30.9 Å². The first kappa shape index (κ1) is 19.5. The van der Waals surface area contributed by atoms with Crippen LogP contribution in [0.15, 0.2) is 29.4 Å². The third-order valence-electron chi connectivity index (χ3n) is 3.27. The fourth-order valence-corrected chi connectivity index (χ4v) is 2.96. The van der Waals surface area contributed by atoms with Gasteiger partial charge in [-0.05, 0) is 18.1 Å². The van der Waals surface area contributed by atoms with E-state index in [1.165, 1.54) is 12.1 Å². The van der Waals surface area contributed by atoms with Gasteiger partial charge in [-0.25, -0.2) is 13.9 Å². The first-order chi connectivity index (χ1) is 12.3. The van der Waals surface area contributed by atoms with Crippen LogP contribution in [0, 0.1) is 11.7 Å². The molecule has 0 bridgehead atoms. The highest BCUT2D eigenvalue weighted by atomic mass is 32.2. The summed E-state index contributed by atoms with van der Waals surface area (Å²) in [6, 6.07) is 5.00. The van der Waals surface area contributed by atoms with E-state index in [0.717, 1.165) is 16.4 Å². The van der Waals surface area contributed by atoms with Gasteiger partial charge in [0.05, 0.1) is 5.25 Å². The van der Waals surface area contributed by atoms with Crippen molar-refractivity contribution in [2.24, 2.45) is 11.7 Å². The number of ether oxygens (including phenoxy) is 1. The van der Waals surface area contributed by atoms with E-state index in [4.69, 9.17) is 16.3 Å². The molecule has 0 unspecified atom stereocenters. The smallest absolute Gasteiger partial charge is 0.318 e. The van der Waals surface area contributed by atoms with Crippen LogP contribution in [0.5, 0.6) is 5.75 Å². The van der Waals surface area contributed by atoms with Gasteiger partial charge in [0.15, 0.2) is 17.4 Å². The van der Waals surface area contributed by atoms with Crippen LogP contribution in [0.4, 0.5) is 9.18 Å². The topological polar surface area (TPSA) is 138 Å².